The van der Waals surface area contributed by atoms with Crippen LogP contribution in [0.15, 0.2) is 133 Å². The van der Waals surface area contributed by atoms with E-state index in [1.807, 2.05) is 121 Å². The van der Waals surface area contributed by atoms with Gasteiger partial charge in [-0.3, -0.25) is 0 Å². The van der Waals surface area contributed by atoms with E-state index in [4.69, 9.17) is 0 Å². The van der Waals surface area contributed by atoms with E-state index in [-0.39, 0.29) is 11.8 Å². The molecule has 0 saturated heterocycles. The molecule has 0 heteroatoms. The van der Waals surface area contributed by atoms with E-state index < -0.39 is 0 Å². The van der Waals surface area contributed by atoms with Gasteiger partial charge in [-0.2, -0.15) is 0 Å². The van der Waals surface area contributed by atoms with Gasteiger partial charge in [0.05, 0.1) is 0 Å². The number of hydrogen-bond acceptors (Lipinski definition) is 0. The van der Waals surface area contributed by atoms with E-state index in [0.717, 1.165) is 22.3 Å². The molecule has 0 radical (unpaired) electrons. The molecule has 4 rings (SSSR count). The highest BCUT2D eigenvalue weighted by molar-refractivity contribution is 5.53. The number of rotatable bonds is 4. The van der Waals surface area contributed by atoms with Gasteiger partial charge < -0.3 is 0 Å². The molecule has 0 aliphatic heterocycles. The predicted molar refractivity (Wildman–Crippen MR) is 160 cm³/mol. The van der Waals surface area contributed by atoms with Gasteiger partial charge in [0, 0.05) is 11.1 Å². The minimum Gasteiger partial charge on any atom is -0.0771 e. The first-order valence-electron chi connectivity index (χ1n) is 12.5. The van der Waals surface area contributed by atoms with Crippen molar-refractivity contribution in [1.82, 2.24) is 0 Å². The molecule has 0 N–H and O–H groups in total. The van der Waals surface area contributed by atoms with Crippen LogP contribution in [0.5, 0.6) is 0 Å². The lowest BCUT2D eigenvalue weighted by molar-refractivity contribution is 1.18. The fourth-order valence-corrected chi connectivity index (χ4v) is 3.40. The van der Waals surface area contributed by atoms with Gasteiger partial charge in [0.25, 0.3) is 0 Å². The summed E-state index contributed by atoms with van der Waals surface area (Å²) in [7, 11) is 0. The quantitative estimate of drug-likeness (QED) is 0.261. The average Bonchev–Trinajstić information content (AvgIpc) is 2.99. The van der Waals surface area contributed by atoms with Gasteiger partial charge in [-0.05, 0) is 47.2 Å². The molecule has 0 spiro atoms. The summed E-state index contributed by atoms with van der Waals surface area (Å²) in [6.07, 6.45) is 8.12. The lowest BCUT2D eigenvalue weighted by Crippen LogP contribution is -1.89. The van der Waals surface area contributed by atoms with Crippen molar-refractivity contribution in [2.75, 3.05) is 0 Å². The van der Waals surface area contributed by atoms with E-state index in [2.05, 4.69) is 71.6 Å². The molecular weight excluding hydrogens is 456 g/mol. The molecule has 38 heavy (non-hydrogen) atoms. The van der Waals surface area contributed by atoms with Crippen LogP contribution in [0.25, 0.3) is 12.2 Å². The van der Waals surface area contributed by atoms with Crippen molar-refractivity contribution in [3.63, 3.8) is 0 Å². The first kappa shape index (κ1) is 25.7. The summed E-state index contributed by atoms with van der Waals surface area (Å²) in [4.78, 5) is 0. The van der Waals surface area contributed by atoms with E-state index in [1.165, 1.54) is 0 Å². The Labute approximate surface area is 226 Å². The predicted octanol–water partition coefficient (Wildman–Crippen LogP) is 7.76. The Hall–Kier alpha value is -5.40. The standard InChI is InChI=1S/C38H26/c1-5-15-33(16-6-1)25-29-37(30-26-34-17-7-2-8-18-34)23-13-14-24-38(31-27-35-19-9-3-10-20-35)32-28-36-21-11-4-12-22-36/h1-12,15-22,25,27,29,31,37-38H/b29-25+,31-27+. The molecule has 4 aromatic rings. The molecule has 0 aliphatic carbocycles. The second kappa shape index (κ2) is 14.9. The molecule has 0 amide bonds. The van der Waals surface area contributed by atoms with Crippen LogP contribution in [0.4, 0.5) is 0 Å². The van der Waals surface area contributed by atoms with Crippen LogP contribution in [0.1, 0.15) is 22.3 Å². The summed E-state index contributed by atoms with van der Waals surface area (Å²) >= 11 is 0. The SMILES string of the molecule is C(C#CC(C#Cc1ccccc1)/C=C/c1ccccc1)#CC(C#Cc1ccccc1)/C=C/c1ccccc1. The van der Waals surface area contributed by atoms with Crippen molar-refractivity contribution >= 4 is 12.2 Å². The Balaban J connectivity index is 1.57. The van der Waals surface area contributed by atoms with Gasteiger partial charge in [0.1, 0.15) is 11.8 Å². The smallest absolute Gasteiger partial charge is 0.0771 e. The van der Waals surface area contributed by atoms with E-state index >= 15 is 0 Å². The minimum absolute atomic E-state index is 0.251. The van der Waals surface area contributed by atoms with E-state index in [9.17, 15) is 0 Å². The number of benzene rings is 4. The molecule has 4 aromatic carbocycles. The molecule has 0 heterocycles. The zero-order valence-corrected chi connectivity index (χ0v) is 21.0. The second-order valence-corrected chi connectivity index (χ2v) is 8.30. The number of allylic oxidation sites excluding steroid dienone is 2. The monoisotopic (exact) mass is 482 g/mol. The van der Waals surface area contributed by atoms with Gasteiger partial charge in [-0.1, -0.05) is 157 Å². The highest BCUT2D eigenvalue weighted by atomic mass is 14.0. The minimum atomic E-state index is -0.251. The Morgan fingerprint density at radius 2 is 0.737 bits per heavy atom. The zero-order valence-electron chi connectivity index (χ0n) is 21.0. The molecule has 0 aliphatic rings. The summed E-state index contributed by atoms with van der Waals surface area (Å²) in [5, 5.41) is 0. The fourth-order valence-electron chi connectivity index (χ4n) is 3.40. The lowest BCUT2D eigenvalue weighted by Gasteiger charge is -1.96. The van der Waals surface area contributed by atoms with Crippen molar-refractivity contribution in [2.45, 2.75) is 0 Å². The summed E-state index contributed by atoms with van der Waals surface area (Å²) < 4.78 is 0. The van der Waals surface area contributed by atoms with Gasteiger partial charge in [-0.25, -0.2) is 0 Å². The molecule has 178 valence electrons. The van der Waals surface area contributed by atoms with Gasteiger partial charge in [-0.15, -0.1) is 0 Å². The first-order valence-corrected chi connectivity index (χ1v) is 12.5. The van der Waals surface area contributed by atoms with Crippen molar-refractivity contribution in [3.8, 4) is 47.4 Å². The van der Waals surface area contributed by atoms with Gasteiger partial charge in [0.15, 0.2) is 0 Å². The molecule has 2 atom stereocenters. The van der Waals surface area contributed by atoms with Crippen molar-refractivity contribution in [3.05, 3.63) is 156 Å². The Morgan fingerprint density at radius 3 is 1.11 bits per heavy atom. The normalized spacial score (nSPS) is 11.5. The van der Waals surface area contributed by atoms with E-state index in [0.29, 0.717) is 0 Å². The molecule has 0 bridgehead atoms. The lowest BCUT2D eigenvalue weighted by atomic mass is 10.1. The average molecular weight is 483 g/mol. The third-order valence-corrected chi connectivity index (χ3v) is 5.37. The Morgan fingerprint density at radius 1 is 0.395 bits per heavy atom. The maximum absolute atomic E-state index is 3.27. The van der Waals surface area contributed by atoms with Crippen molar-refractivity contribution in [1.29, 1.82) is 0 Å². The number of hydrogen-bond donors (Lipinski definition) is 0. The molecule has 0 nitrogen and oxygen atoms in total. The summed E-state index contributed by atoms with van der Waals surface area (Å²) in [5.41, 5.74) is 4.13. The van der Waals surface area contributed by atoms with Crippen molar-refractivity contribution < 1.29 is 0 Å². The Kier molecular flexibility index (Phi) is 10.1. The highest BCUT2D eigenvalue weighted by Crippen LogP contribution is 2.07. The third kappa shape index (κ3) is 9.33. The zero-order chi connectivity index (χ0) is 26.1. The van der Waals surface area contributed by atoms with E-state index in [1.54, 1.807) is 0 Å². The maximum atomic E-state index is 3.27. The Bertz CT molecular complexity index is 1470. The summed E-state index contributed by atoms with van der Waals surface area (Å²) in [5.74, 6) is 24.9. The van der Waals surface area contributed by atoms with Crippen LogP contribution in [-0.2, 0) is 0 Å². The summed E-state index contributed by atoms with van der Waals surface area (Å²) in [6, 6.07) is 40.2. The molecular formula is C38H26. The first-order chi connectivity index (χ1) is 18.8. The molecule has 0 aromatic heterocycles. The maximum Gasteiger partial charge on any atom is 0.101 e. The van der Waals surface area contributed by atoms with Crippen LogP contribution in [-0.4, -0.2) is 0 Å². The fraction of sp³-hybridized carbons (Fsp3) is 0.0526. The van der Waals surface area contributed by atoms with Crippen LogP contribution in [0, 0.1) is 59.2 Å². The van der Waals surface area contributed by atoms with Crippen LogP contribution in [0.3, 0.4) is 0 Å². The van der Waals surface area contributed by atoms with Crippen LogP contribution in [0.2, 0.25) is 0 Å². The van der Waals surface area contributed by atoms with Gasteiger partial charge >= 0.3 is 0 Å². The van der Waals surface area contributed by atoms with Gasteiger partial charge in [0.2, 0.25) is 0 Å². The van der Waals surface area contributed by atoms with Crippen molar-refractivity contribution in [2.24, 2.45) is 11.8 Å². The largest absolute Gasteiger partial charge is 0.101 e. The summed E-state index contributed by atoms with van der Waals surface area (Å²) in [6.45, 7) is 0. The third-order valence-electron chi connectivity index (χ3n) is 5.37. The molecule has 0 saturated carbocycles. The topological polar surface area (TPSA) is 0 Å². The molecule has 0 fully saturated rings. The highest BCUT2D eigenvalue weighted by Gasteiger charge is 1.97. The van der Waals surface area contributed by atoms with Crippen LogP contribution < -0.4 is 0 Å². The second-order valence-electron chi connectivity index (χ2n) is 8.30. The molecule has 2 unspecified atom stereocenters. The van der Waals surface area contributed by atoms with Crippen LogP contribution >= 0.6 is 0 Å².